The molecule has 1 aliphatic carbocycles. The van der Waals surface area contributed by atoms with Crippen LogP contribution in [0.5, 0.6) is 0 Å². The molecule has 1 aromatic rings. The van der Waals surface area contributed by atoms with E-state index in [-0.39, 0.29) is 11.8 Å². The third-order valence-electron chi connectivity index (χ3n) is 3.59. The number of anilines is 2. The van der Waals surface area contributed by atoms with Gasteiger partial charge in [0, 0.05) is 18.5 Å². The molecular formula is C12H14ClN3O. The maximum atomic E-state index is 12.3. The van der Waals surface area contributed by atoms with Crippen LogP contribution in [0.3, 0.4) is 0 Å². The Balaban J connectivity index is 1.89. The van der Waals surface area contributed by atoms with Crippen molar-refractivity contribution in [3.63, 3.8) is 0 Å². The topological polar surface area (TPSA) is 59.2 Å². The van der Waals surface area contributed by atoms with Crippen LogP contribution >= 0.6 is 11.6 Å². The van der Waals surface area contributed by atoms with Gasteiger partial charge in [-0.1, -0.05) is 11.6 Å². The molecule has 0 spiro atoms. The maximum absolute atomic E-state index is 12.3. The lowest BCUT2D eigenvalue weighted by Crippen LogP contribution is -2.28. The molecule has 1 atom stereocenters. The molecule has 1 amide bonds. The molecule has 1 aliphatic heterocycles. The summed E-state index contributed by atoms with van der Waals surface area (Å²) in [6, 6.07) is 1.68. The molecule has 90 valence electrons. The van der Waals surface area contributed by atoms with Crippen molar-refractivity contribution in [1.29, 1.82) is 0 Å². The molecule has 0 unspecified atom stereocenters. The quantitative estimate of drug-likeness (QED) is 0.876. The van der Waals surface area contributed by atoms with Gasteiger partial charge in [-0.3, -0.25) is 4.79 Å². The molecule has 1 aromatic heterocycles. The third-order valence-corrected chi connectivity index (χ3v) is 3.88. The Labute approximate surface area is 105 Å². The van der Waals surface area contributed by atoms with Gasteiger partial charge in [0.05, 0.1) is 16.9 Å². The number of hydrogen-bond acceptors (Lipinski definition) is 3. The largest absolute Gasteiger partial charge is 0.384 e. The van der Waals surface area contributed by atoms with E-state index in [2.05, 4.69) is 4.98 Å². The summed E-state index contributed by atoms with van der Waals surface area (Å²) in [6.45, 7) is 0.739. The number of nitrogens with zero attached hydrogens (tertiary/aromatic N) is 2. The van der Waals surface area contributed by atoms with Crippen LogP contribution in [0, 0.1) is 11.8 Å². The zero-order chi connectivity index (χ0) is 12.0. The number of carbonyl (C=O) groups excluding carboxylic acids is 1. The summed E-state index contributed by atoms with van der Waals surface area (Å²) in [5, 5.41) is 0.490. The van der Waals surface area contributed by atoms with Gasteiger partial charge in [0.15, 0.2) is 0 Å². The molecule has 5 heteroatoms. The fourth-order valence-electron chi connectivity index (χ4n) is 2.53. The molecular weight excluding hydrogens is 238 g/mol. The molecule has 2 aliphatic rings. The highest BCUT2D eigenvalue weighted by Gasteiger charge is 2.42. The van der Waals surface area contributed by atoms with Crippen LogP contribution in [0.4, 0.5) is 11.5 Å². The molecule has 4 nitrogen and oxygen atoms in total. The third kappa shape index (κ3) is 1.86. The van der Waals surface area contributed by atoms with Crippen molar-refractivity contribution < 1.29 is 4.79 Å². The van der Waals surface area contributed by atoms with Crippen molar-refractivity contribution in [2.75, 3.05) is 17.2 Å². The number of hydrogen-bond donors (Lipinski definition) is 1. The molecule has 2 fully saturated rings. The van der Waals surface area contributed by atoms with E-state index < -0.39 is 0 Å². The number of aromatic nitrogens is 1. The van der Waals surface area contributed by atoms with Gasteiger partial charge < -0.3 is 10.6 Å². The van der Waals surface area contributed by atoms with Crippen molar-refractivity contribution in [1.82, 2.24) is 4.98 Å². The van der Waals surface area contributed by atoms with Crippen LogP contribution in [-0.4, -0.2) is 17.4 Å². The minimum Gasteiger partial charge on any atom is -0.384 e. The van der Waals surface area contributed by atoms with Gasteiger partial charge in [0.25, 0.3) is 0 Å². The number of nitrogen functional groups attached to an aromatic ring is 1. The maximum Gasteiger partial charge on any atom is 0.230 e. The van der Waals surface area contributed by atoms with Crippen molar-refractivity contribution in [2.45, 2.75) is 19.3 Å². The zero-order valence-corrected chi connectivity index (χ0v) is 10.2. The highest BCUT2D eigenvalue weighted by Crippen LogP contribution is 2.43. The summed E-state index contributed by atoms with van der Waals surface area (Å²) < 4.78 is 0. The van der Waals surface area contributed by atoms with Crippen LogP contribution in [0.2, 0.25) is 5.02 Å². The van der Waals surface area contributed by atoms with Gasteiger partial charge in [-0.05, 0) is 25.2 Å². The van der Waals surface area contributed by atoms with Gasteiger partial charge in [-0.15, -0.1) is 0 Å². The molecule has 0 aromatic carbocycles. The number of nitrogens with two attached hydrogens (primary N) is 1. The van der Waals surface area contributed by atoms with E-state index in [1.165, 1.54) is 19.0 Å². The average molecular weight is 252 g/mol. The van der Waals surface area contributed by atoms with Crippen LogP contribution < -0.4 is 10.6 Å². The van der Waals surface area contributed by atoms with E-state index in [1.807, 2.05) is 0 Å². The minimum absolute atomic E-state index is 0.194. The summed E-state index contributed by atoms with van der Waals surface area (Å²) in [5.74, 6) is 1.39. The number of halogens is 1. The first kappa shape index (κ1) is 10.8. The molecule has 2 N–H and O–H groups in total. The standard InChI is InChI=1S/C12H14ClN3O/c13-9-6-15-11(14)5-10(9)16-4-3-8(12(16)17)7-1-2-7/h5-8H,1-4H2,(H2,14,15)/t8-/m0/s1. The highest BCUT2D eigenvalue weighted by atomic mass is 35.5. The zero-order valence-electron chi connectivity index (χ0n) is 9.40. The first-order valence-electron chi connectivity index (χ1n) is 5.89. The SMILES string of the molecule is Nc1cc(N2CC[C@@H](C3CC3)C2=O)c(Cl)cn1. The molecule has 17 heavy (non-hydrogen) atoms. The van der Waals surface area contributed by atoms with E-state index in [4.69, 9.17) is 17.3 Å². The van der Waals surface area contributed by atoms with E-state index >= 15 is 0 Å². The number of rotatable bonds is 2. The Kier molecular flexibility index (Phi) is 2.47. The van der Waals surface area contributed by atoms with Gasteiger partial charge >= 0.3 is 0 Å². The van der Waals surface area contributed by atoms with Crippen molar-refractivity contribution in [3.8, 4) is 0 Å². The van der Waals surface area contributed by atoms with Crippen LogP contribution in [0.25, 0.3) is 0 Å². The Morgan fingerprint density at radius 2 is 2.18 bits per heavy atom. The smallest absolute Gasteiger partial charge is 0.230 e. The van der Waals surface area contributed by atoms with E-state index in [9.17, 15) is 4.79 Å². The molecule has 1 saturated carbocycles. The number of pyridine rings is 1. The number of carbonyl (C=O) groups is 1. The lowest BCUT2D eigenvalue weighted by atomic mass is 10.0. The second kappa shape index (κ2) is 3.88. The molecule has 3 rings (SSSR count). The Morgan fingerprint density at radius 3 is 2.88 bits per heavy atom. The molecule has 1 saturated heterocycles. The van der Waals surface area contributed by atoms with Crippen LogP contribution in [-0.2, 0) is 4.79 Å². The highest BCUT2D eigenvalue weighted by molar-refractivity contribution is 6.33. The van der Waals surface area contributed by atoms with Crippen molar-refractivity contribution in [2.24, 2.45) is 11.8 Å². The summed E-state index contributed by atoms with van der Waals surface area (Å²) in [4.78, 5) is 17.9. The lowest BCUT2D eigenvalue weighted by Gasteiger charge is -2.18. The summed E-state index contributed by atoms with van der Waals surface area (Å²) >= 11 is 6.07. The minimum atomic E-state index is 0.194. The van der Waals surface area contributed by atoms with Crippen LogP contribution in [0.15, 0.2) is 12.3 Å². The van der Waals surface area contributed by atoms with E-state index in [1.54, 1.807) is 11.0 Å². The van der Waals surface area contributed by atoms with E-state index in [0.29, 0.717) is 22.4 Å². The Bertz CT molecular complexity index is 473. The van der Waals surface area contributed by atoms with Crippen molar-refractivity contribution >= 4 is 29.0 Å². The van der Waals surface area contributed by atoms with Gasteiger partial charge in [0.1, 0.15) is 5.82 Å². The average Bonchev–Trinajstić information content (AvgIpc) is 3.07. The first-order valence-corrected chi connectivity index (χ1v) is 6.27. The Hall–Kier alpha value is -1.29. The van der Waals surface area contributed by atoms with Gasteiger partial charge in [0.2, 0.25) is 5.91 Å². The van der Waals surface area contributed by atoms with Gasteiger partial charge in [-0.25, -0.2) is 4.98 Å². The predicted molar refractivity (Wildman–Crippen MR) is 66.8 cm³/mol. The molecule has 2 heterocycles. The normalized spacial score (nSPS) is 24.4. The first-order chi connectivity index (χ1) is 8.16. The second-order valence-electron chi connectivity index (χ2n) is 4.78. The summed E-state index contributed by atoms with van der Waals surface area (Å²) in [7, 11) is 0. The molecule has 0 radical (unpaired) electrons. The van der Waals surface area contributed by atoms with Crippen LogP contribution in [0.1, 0.15) is 19.3 Å². The van der Waals surface area contributed by atoms with Gasteiger partial charge in [-0.2, -0.15) is 0 Å². The number of amides is 1. The van der Waals surface area contributed by atoms with Crippen molar-refractivity contribution in [3.05, 3.63) is 17.3 Å². The fourth-order valence-corrected chi connectivity index (χ4v) is 2.73. The van der Waals surface area contributed by atoms with E-state index in [0.717, 1.165) is 13.0 Å². The Morgan fingerprint density at radius 1 is 1.41 bits per heavy atom. The summed E-state index contributed by atoms with van der Waals surface area (Å²) in [5.41, 5.74) is 6.34. The lowest BCUT2D eigenvalue weighted by molar-refractivity contribution is -0.120. The monoisotopic (exact) mass is 251 g/mol. The molecule has 0 bridgehead atoms. The second-order valence-corrected chi connectivity index (χ2v) is 5.19. The summed E-state index contributed by atoms with van der Waals surface area (Å²) in [6.07, 6.45) is 4.82. The predicted octanol–water partition coefficient (Wildman–Crippen LogP) is 2.08. The fraction of sp³-hybridized carbons (Fsp3) is 0.500.